The second-order valence-electron chi connectivity index (χ2n) is 17.2. The molecule has 4 aromatic rings. The second kappa shape index (κ2) is 33.5. The van der Waals surface area contributed by atoms with E-state index in [2.05, 4.69) is 112 Å². The van der Waals surface area contributed by atoms with Crippen LogP contribution in [0.4, 0.5) is 41.4 Å². The number of nitrogens with two attached hydrogens (primary N) is 1. The van der Waals surface area contributed by atoms with Crippen LogP contribution in [0, 0.1) is 11.6 Å². The number of ether oxygens (including phenoxy) is 4. The van der Waals surface area contributed by atoms with Gasteiger partial charge in [-0.25, -0.2) is 28.3 Å². The Hall–Kier alpha value is -1.73. The van der Waals surface area contributed by atoms with E-state index in [0.29, 0.717) is 135 Å². The van der Waals surface area contributed by atoms with Crippen molar-refractivity contribution in [3.63, 3.8) is 0 Å². The number of aldehydes is 1. The summed E-state index contributed by atoms with van der Waals surface area (Å²) in [5, 5.41) is 3.23. The Balaban J connectivity index is 0.000000253. The van der Waals surface area contributed by atoms with E-state index in [1.165, 1.54) is 31.7 Å². The molecule has 0 aliphatic carbocycles. The Morgan fingerprint density at radius 1 is 0.705 bits per heavy atom. The number of cyclic esters (lactones) is 2. The number of benzene rings is 2. The SMILES string of the molecule is CN1C(=O)CCc2ccc(F)c(CC=O)c21.CN1C(=O)CCc2ccc(F)c(CCNC[C@H]3CN(c4ccc5c(n4)CC(=O)CO5)C(=O)O3)c21.I[I-]I.NC[C@H]1CN(c2ccc3c(n2)CC(=O)CO3)C(=O)O1.S.S.[I][V]([I])[I]. The van der Waals surface area contributed by atoms with Crippen molar-refractivity contribution in [2.45, 2.75) is 63.6 Å². The normalized spacial score (nSPS) is 17.7. The molecule has 30 heteroatoms. The van der Waals surface area contributed by atoms with Crippen LogP contribution in [0.2, 0.25) is 0 Å². The van der Waals surface area contributed by atoms with Crippen molar-refractivity contribution in [1.82, 2.24) is 15.3 Å². The van der Waals surface area contributed by atoms with Gasteiger partial charge in [0.05, 0.1) is 48.7 Å². The molecule has 78 heavy (non-hydrogen) atoms. The van der Waals surface area contributed by atoms with Crippen molar-refractivity contribution in [3.05, 3.63) is 93.8 Å². The van der Waals surface area contributed by atoms with Gasteiger partial charge in [-0.1, -0.05) is 12.1 Å². The molecule has 8 heterocycles. The Morgan fingerprint density at radius 2 is 1.14 bits per heavy atom. The summed E-state index contributed by atoms with van der Waals surface area (Å²) >= 11 is 12.7. The fraction of sp³-hybridized carbons (Fsp3) is 0.396. The first-order chi connectivity index (χ1) is 36.4. The third-order valence-electron chi connectivity index (χ3n) is 12.4. The molecule has 2 aromatic heterocycles. The molecule has 0 spiro atoms. The molecule has 10 rings (SSSR count). The van der Waals surface area contributed by atoms with Crippen LogP contribution in [-0.2, 0) is 76.9 Å². The minimum atomic E-state index is -0.509. The number of pyridine rings is 2. The first-order valence-corrected chi connectivity index (χ1v) is 49.3. The van der Waals surface area contributed by atoms with Gasteiger partial charge in [-0.2, -0.15) is 27.0 Å². The van der Waals surface area contributed by atoms with Gasteiger partial charge in [-0.05, 0) is 73.3 Å². The van der Waals surface area contributed by atoms with Crippen LogP contribution in [0.3, 0.4) is 0 Å². The average molecular weight is 1830 g/mol. The molecule has 2 atom stereocenters. The van der Waals surface area contributed by atoms with Crippen LogP contribution >= 0.6 is 124 Å². The number of carbonyl (C=O) groups excluding carboxylic acids is 7. The first-order valence-electron chi connectivity index (χ1n) is 23.2. The number of aryl methyl sites for hydroxylation is 2. The standard InChI is InChI=1S/C24H25FN4O5.C12H12FNO2.C12H13N3O4.I3.3HI.2H2S.V/c1-28-22(31)7-3-14-2-4-18(25)17(23(14)28)8-9-26-11-16-12-29(24(32)34-16)21-6-5-20-19(27-21)10-15(30)13-33-20;1-14-11(16)5-3-8-2-4-10(13)9(6-7-15)12(8)14;13-4-8-5-15(12(17)19-8)11-2-1-10-9(14-11)3-7(16)6-18-10;1-3-2;;;;;;/h2,4-6,16,26H,3,7-13H2,1H3;2,4,7H,3,5-6H2,1H3;1-2,8H,3-6,13H2;;3*1H;2*1H2;/q;;;-1;;;;;;+3/p-3/t16-;;8-;;;;;;;/m0.0......./s1. The number of aromatic nitrogens is 2. The van der Waals surface area contributed by atoms with Crippen LogP contribution in [0.15, 0.2) is 48.5 Å². The zero-order valence-electron chi connectivity index (χ0n) is 41.7. The summed E-state index contributed by atoms with van der Waals surface area (Å²) in [4.78, 5) is 95.5. The van der Waals surface area contributed by atoms with Crippen molar-refractivity contribution in [1.29, 1.82) is 0 Å². The molecule has 6 aliphatic rings. The number of hydrogen-bond acceptors (Lipinski definition) is 15. The molecule has 0 saturated carbocycles. The van der Waals surface area contributed by atoms with Gasteiger partial charge in [-0.3, -0.25) is 29.0 Å². The van der Waals surface area contributed by atoms with E-state index < -0.39 is 24.1 Å². The van der Waals surface area contributed by atoms with Crippen molar-refractivity contribution in [2.24, 2.45) is 5.73 Å². The Kier molecular flexibility index (Phi) is 29.6. The van der Waals surface area contributed by atoms with Gasteiger partial charge in [0, 0.05) is 57.6 Å². The molecule has 3 N–H and O–H groups in total. The number of rotatable bonds is 10. The molecule has 0 radical (unpaired) electrons. The van der Waals surface area contributed by atoms with Gasteiger partial charge < -0.3 is 44.6 Å². The Labute approximate surface area is 531 Å². The van der Waals surface area contributed by atoms with Crippen molar-refractivity contribution >= 4 is 189 Å². The summed E-state index contributed by atoms with van der Waals surface area (Å²) in [6.07, 6.45) is 1.88. The molecule has 0 bridgehead atoms. The fourth-order valence-electron chi connectivity index (χ4n) is 8.83. The van der Waals surface area contributed by atoms with Crippen molar-refractivity contribution in [3.8, 4) is 11.5 Å². The van der Waals surface area contributed by atoms with Gasteiger partial charge in [0.2, 0.25) is 11.8 Å². The quantitative estimate of drug-likeness (QED) is 0.123. The predicted octanol–water partition coefficient (Wildman–Crippen LogP) is 4.79. The third-order valence-corrected chi connectivity index (χ3v) is 12.4. The number of anilines is 4. The van der Waals surface area contributed by atoms with E-state index in [-0.39, 0.29) is 106 Å². The third kappa shape index (κ3) is 18.6. The van der Waals surface area contributed by atoms with E-state index >= 15 is 0 Å². The topological polar surface area (TPSA) is 233 Å². The first kappa shape index (κ1) is 68.8. The monoisotopic (exact) mass is 1830 g/mol. The minimum absolute atomic E-state index is 0. The fourth-order valence-corrected chi connectivity index (χ4v) is 8.83. The number of nitrogens with one attached hydrogen (secondary N) is 1. The van der Waals surface area contributed by atoms with Crippen molar-refractivity contribution in [2.75, 3.05) is 79.6 Å². The van der Waals surface area contributed by atoms with E-state index in [9.17, 15) is 42.3 Å². The van der Waals surface area contributed by atoms with Gasteiger partial charge in [0.1, 0.15) is 66.5 Å². The molecule has 4 amide bonds. The zero-order chi connectivity index (χ0) is 55.2. The summed E-state index contributed by atoms with van der Waals surface area (Å²) in [7, 11) is 3.30. The molecule has 2 fully saturated rings. The predicted molar refractivity (Wildman–Crippen MR) is 335 cm³/mol. The van der Waals surface area contributed by atoms with Gasteiger partial charge in [-0.15, -0.1) is 0 Å². The Morgan fingerprint density at radius 3 is 1.59 bits per heavy atom. The van der Waals surface area contributed by atoms with Crippen molar-refractivity contribution < 1.29 is 79.5 Å². The number of amides is 4. The van der Waals surface area contributed by atoms with Crippen LogP contribution in [-0.4, -0.2) is 124 Å². The number of carbonyl (C=O) groups is 7. The summed E-state index contributed by atoms with van der Waals surface area (Å²) < 4.78 is 49.3. The molecule has 426 valence electrons. The molecule has 6 aliphatic heterocycles. The van der Waals surface area contributed by atoms with Crippen LogP contribution < -0.4 is 53.4 Å². The van der Waals surface area contributed by atoms with Gasteiger partial charge >= 0.3 is 128 Å². The summed E-state index contributed by atoms with van der Waals surface area (Å²) in [6, 6.07) is 13.0. The van der Waals surface area contributed by atoms with E-state index in [1.54, 1.807) is 50.5 Å². The number of nitrogens with zero attached hydrogens (tertiary/aromatic N) is 6. The summed E-state index contributed by atoms with van der Waals surface area (Å²) in [6.45, 7) is 1.91. The van der Waals surface area contributed by atoms with Crippen LogP contribution in [0.25, 0.3) is 0 Å². The number of fused-ring (bicyclic) bond motifs is 4. The number of ketones is 2. The number of halogens is 8. The summed E-state index contributed by atoms with van der Waals surface area (Å²) in [5.41, 5.74) is 10.5. The second-order valence-corrected chi connectivity index (χ2v) is 68.9. The zero-order valence-corrected chi connectivity index (χ0v) is 58.0. The average Bonchev–Trinajstić information content (AvgIpc) is 3.98. The maximum absolute atomic E-state index is 14.6. The molecular weight excluding hydrogens is 1780 g/mol. The number of hydrogen-bond donors (Lipinski definition) is 2. The van der Waals surface area contributed by atoms with E-state index in [1.807, 2.05) is 0 Å². The van der Waals surface area contributed by atoms with E-state index in [0.717, 1.165) is 11.1 Å². The maximum atomic E-state index is 14.6. The molecule has 0 unspecified atom stereocenters. The molecule has 2 aromatic carbocycles. The van der Waals surface area contributed by atoms with Crippen LogP contribution in [0.5, 0.6) is 11.5 Å². The van der Waals surface area contributed by atoms with Gasteiger partial charge in [0.25, 0.3) is 0 Å². The Bertz CT molecular complexity index is 2840. The van der Waals surface area contributed by atoms with E-state index in [4.69, 9.17) is 24.7 Å². The molecule has 19 nitrogen and oxygen atoms in total. The number of Topliss-reactive ketones (excluding diaryl/α,β-unsaturated/α-hetero) is 2. The molecular formula is C48H54F2I6N8O11S2V-. The summed E-state index contributed by atoms with van der Waals surface area (Å²) in [5.74, 6) is 1.11. The van der Waals surface area contributed by atoms with Gasteiger partial charge in [0.15, 0.2) is 11.6 Å². The molecule has 2 saturated heterocycles. The van der Waals surface area contributed by atoms with Crippen LogP contribution in [0.1, 0.15) is 46.5 Å².